The average molecular weight is 396 g/mol. The van der Waals surface area contributed by atoms with Gasteiger partial charge in [0.15, 0.2) is 11.5 Å². The second-order valence-corrected chi connectivity index (χ2v) is 8.55. The number of sulfonamides is 1. The minimum Gasteiger partial charge on any atom is -0.493 e. The second-order valence-electron chi connectivity index (χ2n) is 4.53. The Hall–Kier alpha value is -0.990. The van der Waals surface area contributed by atoms with E-state index in [1.807, 2.05) is 12.1 Å². The van der Waals surface area contributed by atoms with E-state index in [9.17, 15) is 8.42 Å². The van der Waals surface area contributed by atoms with Crippen LogP contribution in [-0.2, 0) is 16.4 Å². The zero-order valence-electron chi connectivity index (χ0n) is 12.4. The molecule has 1 aromatic heterocycles. The smallest absolute Gasteiger partial charge is 0.242 e. The summed E-state index contributed by atoms with van der Waals surface area (Å²) >= 11 is 12.7. The van der Waals surface area contributed by atoms with E-state index in [0.29, 0.717) is 22.3 Å². The zero-order chi connectivity index (χ0) is 17.0. The molecule has 0 aliphatic carbocycles. The molecule has 0 saturated carbocycles. The summed E-state index contributed by atoms with van der Waals surface area (Å²) in [6, 6.07) is 6.77. The van der Waals surface area contributed by atoms with E-state index in [1.165, 1.54) is 6.07 Å². The summed E-state index contributed by atoms with van der Waals surface area (Å²) in [5.41, 5.74) is 0.916. The third-order valence-corrected chi connectivity index (χ3v) is 6.28. The maximum atomic E-state index is 12.2. The molecule has 0 atom stereocenters. The zero-order valence-corrected chi connectivity index (χ0v) is 15.6. The summed E-state index contributed by atoms with van der Waals surface area (Å²) in [7, 11) is -0.575. The van der Waals surface area contributed by atoms with Crippen molar-refractivity contribution < 1.29 is 17.9 Å². The molecule has 0 aliphatic heterocycles. The molecule has 0 unspecified atom stereocenters. The lowest BCUT2D eigenvalue weighted by Gasteiger charge is -2.10. The quantitative estimate of drug-likeness (QED) is 0.777. The highest BCUT2D eigenvalue weighted by atomic mass is 35.5. The monoisotopic (exact) mass is 395 g/mol. The molecule has 9 heteroatoms. The predicted octanol–water partition coefficient (Wildman–Crippen LogP) is 3.59. The molecule has 5 nitrogen and oxygen atoms in total. The Morgan fingerprint density at radius 3 is 2.39 bits per heavy atom. The summed E-state index contributed by atoms with van der Waals surface area (Å²) in [6.45, 7) is 0.224. The molecule has 0 bridgehead atoms. The molecule has 0 amide bonds. The van der Waals surface area contributed by atoms with E-state index >= 15 is 0 Å². The molecule has 2 rings (SSSR count). The van der Waals surface area contributed by atoms with Gasteiger partial charge < -0.3 is 9.47 Å². The van der Waals surface area contributed by atoms with E-state index in [2.05, 4.69) is 4.72 Å². The lowest BCUT2D eigenvalue weighted by molar-refractivity contribution is 0.354. The molecule has 2 aromatic rings. The number of thiophene rings is 1. The minimum absolute atomic E-state index is 0.00137. The van der Waals surface area contributed by atoms with Gasteiger partial charge in [0, 0.05) is 6.54 Å². The Kier molecular flexibility index (Phi) is 6.16. The van der Waals surface area contributed by atoms with Crippen molar-refractivity contribution in [1.82, 2.24) is 4.72 Å². The topological polar surface area (TPSA) is 64.6 Å². The number of halogens is 2. The molecule has 1 N–H and O–H groups in total. The van der Waals surface area contributed by atoms with Crippen LogP contribution < -0.4 is 14.2 Å². The summed E-state index contributed by atoms with van der Waals surface area (Å²) in [5.74, 6) is 1.22. The number of benzene rings is 1. The lowest BCUT2D eigenvalue weighted by atomic mass is 10.1. The number of ether oxygens (including phenoxy) is 2. The van der Waals surface area contributed by atoms with Crippen LogP contribution in [0.4, 0.5) is 0 Å². The van der Waals surface area contributed by atoms with Gasteiger partial charge in [-0.1, -0.05) is 29.3 Å². The molecular formula is C14H15Cl2NO4S2. The van der Waals surface area contributed by atoms with Crippen LogP contribution in [0.2, 0.25) is 8.67 Å². The van der Waals surface area contributed by atoms with Crippen LogP contribution in [0, 0.1) is 0 Å². The fourth-order valence-corrected chi connectivity index (χ4v) is 5.13. The number of rotatable bonds is 7. The fourth-order valence-electron chi connectivity index (χ4n) is 1.95. The summed E-state index contributed by atoms with van der Waals surface area (Å²) in [5, 5.41) is 0. The van der Waals surface area contributed by atoms with Crippen LogP contribution in [0.5, 0.6) is 11.5 Å². The van der Waals surface area contributed by atoms with Crippen molar-refractivity contribution in [3.05, 3.63) is 38.5 Å². The Balaban J connectivity index is 2.03. The van der Waals surface area contributed by atoms with Gasteiger partial charge in [-0.2, -0.15) is 0 Å². The predicted molar refractivity (Wildman–Crippen MR) is 92.8 cm³/mol. The van der Waals surface area contributed by atoms with Gasteiger partial charge in [-0.05, 0) is 30.2 Å². The van der Waals surface area contributed by atoms with Crippen molar-refractivity contribution in [1.29, 1.82) is 0 Å². The lowest BCUT2D eigenvalue weighted by Crippen LogP contribution is -2.25. The summed E-state index contributed by atoms with van der Waals surface area (Å²) in [6.07, 6.45) is 0.495. The fraction of sp³-hybridized carbons (Fsp3) is 0.286. The number of methoxy groups -OCH3 is 2. The standard InChI is InChI=1S/C14H15Cl2NO4S2/c1-20-10-4-3-9(7-11(10)21-2)5-6-17-23(18,19)12-8-13(15)22-14(12)16/h3-4,7-8,17H,5-6H2,1-2H3. The van der Waals surface area contributed by atoms with Crippen molar-refractivity contribution >= 4 is 44.6 Å². The first-order chi connectivity index (χ1) is 10.9. The van der Waals surface area contributed by atoms with Gasteiger partial charge in [0.05, 0.1) is 18.6 Å². The van der Waals surface area contributed by atoms with Crippen molar-refractivity contribution in [3.8, 4) is 11.5 Å². The van der Waals surface area contributed by atoms with Crippen molar-refractivity contribution in [2.45, 2.75) is 11.3 Å². The van der Waals surface area contributed by atoms with Crippen LogP contribution >= 0.6 is 34.5 Å². The molecule has 0 aliphatic rings. The molecule has 23 heavy (non-hydrogen) atoms. The summed E-state index contributed by atoms with van der Waals surface area (Å²) < 4.78 is 37.7. The molecule has 0 fully saturated rings. The number of nitrogens with one attached hydrogen (secondary N) is 1. The second kappa shape index (κ2) is 7.72. The number of hydrogen-bond acceptors (Lipinski definition) is 5. The highest BCUT2D eigenvalue weighted by Crippen LogP contribution is 2.34. The minimum atomic E-state index is -3.68. The van der Waals surface area contributed by atoms with E-state index in [4.69, 9.17) is 32.7 Å². The molecule has 0 spiro atoms. The first-order valence-electron chi connectivity index (χ1n) is 6.53. The maximum absolute atomic E-state index is 12.2. The van der Waals surface area contributed by atoms with Crippen molar-refractivity contribution in [2.24, 2.45) is 0 Å². The SMILES string of the molecule is COc1ccc(CCNS(=O)(=O)c2cc(Cl)sc2Cl)cc1OC. The van der Waals surface area contributed by atoms with Crippen LogP contribution in [0.3, 0.4) is 0 Å². The van der Waals surface area contributed by atoms with E-state index in [-0.39, 0.29) is 15.8 Å². The summed E-state index contributed by atoms with van der Waals surface area (Å²) in [4.78, 5) is 0.00137. The Bertz CT molecular complexity index is 790. The maximum Gasteiger partial charge on any atom is 0.242 e. The molecule has 1 aromatic carbocycles. The van der Waals surface area contributed by atoms with Gasteiger partial charge in [0.2, 0.25) is 10.0 Å². The highest BCUT2D eigenvalue weighted by molar-refractivity contribution is 7.89. The highest BCUT2D eigenvalue weighted by Gasteiger charge is 2.20. The normalized spacial score (nSPS) is 11.5. The van der Waals surface area contributed by atoms with Gasteiger partial charge in [-0.15, -0.1) is 11.3 Å². The van der Waals surface area contributed by atoms with Crippen LogP contribution in [0.25, 0.3) is 0 Å². The Labute approximate surface area is 149 Å². The molecule has 0 saturated heterocycles. The third-order valence-electron chi connectivity index (χ3n) is 3.07. The first-order valence-corrected chi connectivity index (χ1v) is 9.58. The van der Waals surface area contributed by atoms with Gasteiger partial charge in [0.25, 0.3) is 0 Å². The van der Waals surface area contributed by atoms with E-state index in [0.717, 1.165) is 16.9 Å². The van der Waals surface area contributed by atoms with E-state index in [1.54, 1.807) is 20.3 Å². The third kappa shape index (κ3) is 4.51. The largest absolute Gasteiger partial charge is 0.493 e. The van der Waals surface area contributed by atoms with Crippen molar-refractivity contribution in [3.63, 3.8) is 0 Å². The average Bonchev–Trinajstić information content (AvgIpc) is 2.86. The van der Waals surface area contributed by atoms with Crippen molar-refractivity contribution in [2.75, 3.05) is 20.8 Å². The van der Waals surface area contributed by atoms with Gasteiger partial charge in [-0.3, -0.25) is 0 Å². The van der Waals surface area contributed by atoms with Gasteiger partial charge in [0.1, 0.15) is 9.23 Å². The molecule has 126 valence electrons. The van der Waals surface area contributed by atoms with Crippen LogP contribution in [0.15, 0.2) is 29.2 Å². The van der Waals surface area contributed by atoms with Crippen LogP contribution in [0.1, 0.15) is 5.56 Å². The van der Waals surface area contributed by atoms with Crippen LogP contribution in [-0.4, -0.2) is 29.2 Å². The molecule has 0 radical (unpaired) electrons. The van der Waals surface area contributed by atoms with Gasteiger partial charge in [-0.25, -0.2) is 13.1 Å². The molecular weight excluding hydrogens is 381 g/mol. The Morgan fingerprint density at radius 2 is 1.83 bits per heavy atom. The first kappa shape index (κ1) is 18.4. The van der Waals surface area contributed by atoms with E-state index < -0.39 is 10.0 Å². The molecule has 1 heterocycles. The Morgan fingerprint density at radius 1 is 1.13 bits per heavy atom. The number of hydrogen-bond donors (Lipinski definition) is 1. The van der Waals surface area contributed by atoms with Gasteiger partial charge >= 0.3 is 0 Å².